The van der Waals surface area contributed by atoms with Gasteiger partial charge in [-0.1, -0.05) is 36.7 Å². The Bertz CT molecular complexity index is 650. The van der Waals surface area contributed by atoms with Gasteiger partial charge in [0.1, 0.15) is 6.54 Å². The number of nitrogens with zero attached hydrogens (tertiary/aromatic N) is 3. The summed E-state index contributed by atoms with van der Waals surface area (Å²) in [6.45, 7) is 8.08. The lowest BCUT2D eigenvalue weighted by molar-refractivity contribution is -0.134. The average molecular weight is 320 g/mol. The predicted octanol–water partition coefficient (Wildman–Crippen LogP) is 3.56. The number of halogens is 1. The number of aromatic nitrogens is 2. The van der Waals surface area contributed by atoms with Crippen LogP contribution in [0.15, 0.2) is 41.4 Å². The molecule has 0 saturated heterocycles. The Kier molecular flexibility index (Phi) is 5.33. The van der Waals surface area contributed by atoms with Gasteiger partial charge in [0.05, 0.1) is 0 Å². The lowest BCUT2D eigenvalue weighted by atomic mass is 10.2. The van der Waals surface area contributed by atoms with Gasteiger partial charge in [-0.15, -0.1) is 6.58 Å². The van der Waals surface area contributed by atoms with Gasteiger partial charge in [0.15, 0.2) is 0 Å². The molecule has 1 aromatic heterocycles. The first-order valence-electron chi connectivity index (χ1n) is 6.99. The highest BCUT2D eigenvalue weighted by Gasteiger charge is 2.19. The highest BCUT2D eigenvalue weighted by molar-refractivity contribution is 6.30. The molecule has 0 spiro atoms. The van der Waals surface area contributed by atoms with E-state index in [1.807, 2.05) is 26.0 Å². The topological polar surface area (TPSA) is 59.2 Å². The highest BCUT2D eigenvalue weighted by atomic mass is 35.5. The van der Waals surface area contributed by atoms with Gasteiger partial charge >= 0.3 is 0 Å². The van der Waals surface area contributed by atoms with Crippen molar-refractivity contribution in [1.82, 2.24) is 15.0 Å². The van der Waals surface area contributed by atoms with E-state index in [0.29, 0.717) is 23.3 Å². The Hall–Kier alpha value is -2.14. The Morgan fingerprint density at radius 3 is 2.68 bits per heavy atom. The number of carbonyl (C=O) groups is 1. The van der Waals surface area contributed by atoms with Crippen LogP contribution in [0.1, 0.15) is 19.7 Å². The van der Waals surface area contributed by atoms with E-state index in [1.165, 1.54) is 0 Å². The maximum atomic E-state index is 12.1. The first-order valence-corrected chi connectivity index (χ1v) is 7.37. The van der Waals surface area contributed by atoms with E-state index in [1.54, 1.807) is 23.1 Å². The Labute approximate surface area is 134 Å². The van der Waals surface area contributed by atoms with Gasteiger partial charge in [0.2, 0.25) is 17.6 Å². The molecule has 6 heteroatoms. The highest BCUT2D eigenvalue weighted by Crippen LogP contribution is 2.19. The molecule has 1 heterocycles. The van der Waals surface area contributed by atoms with Crippen molar-refractivity contribution < 1.29 is 9.32 Å². The molecule has 2 aromatic rings. The molecular weight excluding hydrogens is 302 g/mol. The van der Waals surface area contributed by atoms with Crippen molar-refractivity contribution in [3.63, 3.8) is 0 Å². The molecule has 116 valence electrons. The molecule has 0 aliphatic rings. The minimum atomic E-state index is -0.0985. The van der Waals surface area contributed by atoms with E-state index in [0.717, 1.165) is 5.56 Å². The second-order valence-corrected chi connectivity index (χ2v) is 5.62. The molecule has 0 unspecified atom stereocenters. The summed E-state index contributed by atoms with van der Waals surface area (Å²) in [4.78, 5) is 18.1. The van der Waals surface area contributed by atoms with Gasteiger partial charge in [-0.05, 0) is 24.3 Å². The number of rotatable bonds is 6. The summed E-state index contributed by atoms with van der Waals surface area (Å²) in [5, 5.41) is 4.59. The van der Waals surface area contributed by atoms with Crippen LogP contribution in [0, 0.1) is 5.92 Å². The molecule has 0 aliphatic carbocycles. The molecule has 0 saturated carbocycles. The van der Waals surface area contributed by atoms with Gasteiger partial charge in [-0.2, -0.15) is 4.98 Å². The summed E-state index contributed by atoms with van der Waals surface area (Å²) in [6, 6.07) is 7.16. The minimum absolute atomic E-state index is 0.0196. The van der Waals surface area contributed by atoms with Crippen molar-refractivity contribution in [2.45, 2.75) is 20.4 Å². The number of carbonyl (C=O) groups excluding carboxylic acids is 1. The molecule has 22 heavy (non-hydrogen) atoms. The maximum Gasteiger partial charge on any atom is 0.246 e. The minimum Gasteiger partial charge on any atom is -0.337 e. The Balaban J connectivity index is 2.14. The number of hydrogen-bond donors (Lipinski definition) is 0. The summed E-state index contributed by atoms with van der Waals surface area (Å²) in [7, 11) is 0. The maximum absolute atomic E-state index is 12.1. The molecule has 0 aliphatic heterocycles. The van der Waals surface area contributed by atoms with E-state index in [9.17, 15) is 4.79 Å². The van der Waals surface area contributed by atoms with Gasteiger partial charge in [-0.25, -0.2) is 0 Å². The van der Waals surface area contributed by atoms with Gasteiger partial charge in [0, 0.05) is 23.0 Å². The third kappa shape index (κ3) is 3.95. The van der Waals surface area contributed by atoms with Crippen molar-refractivity contribution in [2.24, 2.45) is 5.92 Å². The molecule has 0 radical (unpaired) electrons. The van der Waals surface area contributed by atoms with Crippen LogP contribution in [-0.2, 0) is 11.3 Å². The molecule has 5 nitrogen and oxygen atoms in total. The van der Waals surface area contributed by atoms with Crippen LogP contribution >= 0.6 is 11.6 Å². The second-order valence-electron chi connectivity index (χ2n) is 5.18. The van der Waals surface area contributed by atoms with E-state index < -0.39 is 0 Å². The molecule has 1 amide bonds. The molecule has 0 N–H and O–H groups in total. The molecule has 2 rings (SSSR count). The molecule has 0 fully saturated rings. The molecule has 0 bridgehead atoms. The fraction of sp³-hybridized carbons (Fsp3) is 0.312. The van der Waals surface area contributed by atoms with Crippen LogP contribution in [-0.4, -0.2) is 27.5 Å². The zero-order valence-corrected chi connectivity index (χ0v) is 13.4. The number of benzene rings is 1. The van der Waals surface area contributed by atoms with Crippen molar-refractivity contribution >= 4 is 17.5 Å². The first-order chi connectivity index (χ1) is 10.5. The monoisotopic (exact) mass is 319 g/mol. The summed E-state index contributed by atoms with van der Waals surface area (Å²) in [5.41, 5.74) is 0.810. The molecule has 1 aromatic carbocycles. The van der Waals surface area contributed by atoms with Crippen LogP contribution < -0.4 is 0 Å². The average Bonchev–Trinajstić information content (AvgIpc) is 2.95. The SMILES string of the molecule is C=CCN(Cc1nc(-c2ccc(Cl)cc2)no1)C(=O)C(C)C. The van der Waals surface area contributed by atoms with E-state index in [4.69, 9.17) is 16.1 Å². The van der Waals surface area contributed by atoms with E-state index >= 15 is 0 Å². The number of amides is 1. The van der Waals surface area contributed by atoms with Crippen molar-refractivity contribution in [1.29, 1.82) is 0 Å². The van der Waals surface area contributed by atoms with Gasteiger partial charge < -0.3 is 9.42 Å². The summed E-state index contributed by atoms with van der Waals surface area (Å²) >= 11 is 5.85. The zero-order chi connectivity index (χ0) is 16.1. The normalized spacial score (nSPS) is 10.7. The van der Waals surface area contributed by atoms with Crippen molar-refractivity contribution in [3.8, 4) is 11.4 Å². The second kappa shape index (κ2) is 7.22. The molecular formula is C16H18ClN3O2. The fourth-order valence-electron chi connectivity index (χ4n) is 1.95. The van der Waals surface area contributed by atoms with Crippen LogP contribution in [0.4, 0.5) is 0 Å². The summed E-state index contributed by atoms with van der Waals surface area (Å²) < 4.78 is 5.23. The third-order valence-corrected chi connectivity index (χ3v) is 3.30. The van der Waals surface area contributed by atoms with Crippen LogP contribution in [0.5, 0.6) is 0 Å². The summed E-state index contributed by atoms with van der Waals surface area (Å²) in [5.74, 6) is 0.785. The number of hydrogen-bond acceptors (Lipinski definition) is 4. The van der Waals surface area contributed by atoms with E-state index in [-0.39, 0.29) is 18.4 Å². The third-order valence-electron chi connectivity index (χ3n) is 3.05. The lowest BCUT2D eigenvalue weighted by Gasteiger charge is -2.21. The summed E-state index contributed by atoms with van der Waals surface area (Å²) in [6.07, 6.45) is 1.68. The van der Waals surface area contributed by atoms with Crippen LogP contribution in [0.25, 0.3) is 11.4 Å². The van der Waals surface area contributed by atoms with Crippen molar-refractivity contribution in [2.75, 3.05) is 6.54 Å². The zero-order valence-electron chi connectivity index (χ0n) is 12.6. The lowest BCUT2D eigenvalue weighted by Crippen LogP contribution is -2.34. The fourth-order valence-corrected chi connectivity index (χ4v) is 2.08. The van der Waals surface area contributed by atoms with Crippen molar-refractivity contribution in [3.05, 3.63) is 47.8 Å². The van der Waals surface area contributed by atoms with Crippen LogP contribution in [0.2, 0.25) is 5.02 Å². The van der Waals surface area contributed by atoms with Crippen LogP contribution in [0.3, 0.4) is 0 Å². The standard InChI is InChI=1S/C16H18ClN3O2/c1-4-9-20(16(21)11(2)3)10-14-18-15(19-22-14)12-5-7-13(17)8-6-12/h4-8,11H,1,9-10H2,2-3H3. The van der Waals surface area contributed by atoms with E-state index in [2.05, 4.69) is 16.7 Å². The Morgan fingerprint density at radius 2 is 2.09 bits per heavy atom. The smallest absolute Gasteiger partial charge is 0.246 e. The van der Waals surface area contributed by atoms with Gasteiger partial charge in [-0.3, -0.25) is 4.79 Å². The predicted molar refractivity (Wildman–Crippen MR) is 85.2 cm³/mol. The molecule has 0 atom stereocenters. The van der Waals surface area contributed by atoms with Gasteiger partial charge in [0.25, 0.3) is 0 Å². The largest absolute Gasteiger partial charge is 0.337 e. The quantitative estimate of drug-likeness (QED) is 0.764. The Morgan fingerprint density at radius 1 is 1.41 bits per heavy atom. The first kappa shape index (κ1) is 16.2.